The topological polar surface area (TPSA) is 110 Å². The van der Waals surface area contributed by atoms with E-state index >= 15 is 0 Å². The molecule has 0 spiro atoms. The van der Waals surface area contributed by atoms with Gasteiger partial charge in [-0.05, 0) is 39.8 Å². The number of carbonyl (C=O) groups excluding carboxylic acids is 2. The fraction of sp³-hybridized carbons (Fsp3) is 0.579. The lowest BCUT2D eigenvalue weighted by Gasteiger charge is -2.32. The van der Waals surface area contributed by atoms with Gasteiger partial charge in [0.2, 0.25) is 5.91 Å². The quantitative estimate of drug-likeness (QED) is 0.561. The second-order valence-corrected chi connectivity index (χ2v) is 9.88. The van der Waals surface area contributed by atoms with Gasteiger partial charge in [-0.2, -0.15) is 8.42 Å². The number of nitrogens with one attached hydrogen (secondary N) is 1. The van der Waals surface area contributed by atoms with Crippen molar-refractivity contribution in [2.75, 3.05) is 5.32 Å². The number of para-hydroxylation sites is 1. The Hall–Kier alpha value is -1.77. The fourth-order valence-corrected chi connectivity index (χ4v) is 3.29. The Balaban J connectivity index is 3.28. The normalized spacial score (nSPS) is 15.1. The molecule has 2 atom stereocenters. The maximum atomic E-state index is 12.9. The smallest absolute Gasteiger partial charge is 0.296 e. The number of Topliss-reactive ketones (excluding diaryl/α,β-unsaturated/α-hetero) is 1. The predicted octanol–water partition coefficient (Wildman–Crippen LogP) is 3.31. The van der Waals surface area contributed by atoms with Gasteiger partial charge in [0, 0.05) is 5.41 Å². The summed E-state index contributed by atoms with van der Waals surface area (Å²) in [5.41, 5.74) is -1.48. The van der Waals surface area contributed by atoms with Crippen LogP contribution < -0.4 is 5.32 Å². The van der Waals surface area contributed by atoms with Gasteiger partial charge in [0.15, 0.2) is 5.78 Å². The molecule has 0 aromatic heterocycles. The van der Waals surface area contributed by atoms with Crippen molar-refractivity contribution in [1.29, 1.82) is 0 Å². The predicted molar refractivity (Wildman–Crippen MR) is 103 cm³/mol. The van der Waals surface area contributed by atoms with E-state index in [1.165, 1.54) is 24.3 Å². The molecule has 0 radical (unpaired) electrons. The zero-order chi connectivity index (χ0) is 21.2. The molecule has 0 aliphatic rings. The molecule has 0 saturated carbocycles. The van der Waals surface area contributed by atoms with Crippen molar-refractivity contribution in [2.24, 2.45) is 11.3 Å². The SMILES string of the molecule is CC(OC(C)(C)C)C(C(=O)Nc1ccccc1S(=O)(=O)O)C(=O)C(C)(C)C. The van der Waals surface area contributed by atoms with Gasteiger partial charge < -0.3 is 10.1 Å². The maximum Gasteiger partial charge on any atom is 0.296 e. The van der Waals surface area contributed by atoms with Crippen LogP contribution in [0.2, 0.25) is 0 Å². The summed E-state index contributed by atoms with van der Waals surface area (Å²) < 4.78 is 38.2. The Kier molecular flexibility index (Phi) is 6.96. The van der Waals surface area contributed by atoms with Gasteiger partial charge in [-0.1, -0.05) is 32.9 Å². The summed E-state index contributed by atoms with van der Waals surface area (Å²) in [6.07, 6.45) is -0.741. The summed E-state index contributed by atoms with van der Waals surface area (Å²) in [6, 6.07) is 5.44. The molecule has 0 saturated heterocycles. The highest BCUT2D eigenvalue weighted by atomic mass is 32.2. The average Bonchev–Trinajstić information content (AvgIpc) is 2.43. The molecule has 1 amide bonds. The number of rotatable bonds is 6. The van der Waals surface area contributed by atoms with Crippen molar-refractivity contribution in [2.45, 2.75) is 65.1 Å². The Bertz CT molecular complexity index is 802. The van der Waals surface area contributed by atoms with Crippen molar-refractivity contribution in [3.05, 3.63) is 24.3 Å². The highest BCUT2D eigenvalue weighted by Crippen LogP contribution is 2.28. The van der Waals surface area contributed by atoms with Crippen molar-refractivity contribution >= 4 is 27.5 Å². The number of anilines is 1. The lowest BCUT2D eigenvalue weighted by molar-refractivity contribution is -0.148. The van der Waals surface area contributed by atoms with Crippen LogP contribution in [0.5, 0.6) is 0 Å². The number of hydrogen-bond donors (Lipinski definition) is 2. The molecular formula is C19H29NO6S. The molecule has 0 aliphatic heterocycles. The molecular weight excluding hydrogens is 370 g/mol. The van der Waals surface area contributed by atoms with Gasteiger partial charge in [-0.25, -0.2) is 0 Å². The average molecular weight is 400 g/mol. The zero-order valence-corrected chi connectivity index (χ0v) is 17.7. The summed E-state index contributed by atoms with van der Waals surface area (Å²) in [4.78, 5) is 25.4. The third-order valence-corrected chi connectivity index (χ3v) is 4.65. The van der Waals surface area contributed by atoms with Crippen LogP contribution in [-0.4, -0.2) is 36.4 Å². The fourth-order valence-electron chi connectivity index (χ4n) is 2.64. The minimum absolute atomic E-state index is 0.0975. The van der Waals surface area contributed by atoms with Gasteiger partial charge in [-0.3, -0.25) is 14.1 Å². The van der Waals surface area contributed by atoms with E-state index in [4.69, 9.17) is 4.74 Å². The van der Waals surface area contributed by atoms with Gasteiger partial charge in [0.1, 0.15) is 10.8 Å². The highest BCUT2D eigenvalue weighted by Gasteiger charge is 2.40. The van der Waals surface area contributed by atoms with Crippen LogP contribution in [0.3, 0.4) is 0 Å². The first kappa shape index (κ1) is 23.3. The number of ketones is 1. The summed E-state index contributed by atoms with van der Waals surface area (Å²) >= 11 is 0. The largest absolute Gasteiger partial charge is 0.372 e. The second-order valence-electron chi connectivity index (χ2n) is 8.49. The number of carbonyl (C=O) groups is 2. The van der Waals surface area contributed by atoms with Crippen LogP contribution in [0.15, 0.2) is 29.2 Å². The zero-order valence-electron chi connectivity index (χ0n) is 16.9. The molecule has 1 aromatic carbocycles. The Morgan fingerprint density at radius 1 is 1.07 bits per heavy atom. The van der Waals surface area contributed by atoms with E-state index in [-0.39, 0.29) is 11.5 Å². The Morgan fingerprint density at radius 2 is 1.59 bits per heavy atom. The summed E-state index contributed by atoms with van der Waals surface area (Å²) in [5.74, 6) is -2.18. The van der Waals surface area contributed by atoms with E-state index in [2.05, 4.69) is 5.32 Å². The molecule has 0 bridgehead atoms. The number of hydrogen-bond acceptors (Lipinski definition) is 5. The van der Waals surface area contributed by atoms with E-state index in [0.29, 0.717) is 0 Å². The lowest BCUT2D eigenvalue weighted by Crippen LogP contribution is -2.45. The lowest BCUT2D eigenvalue weighted by atomic mass is 9.80. The van der Waals surface area contributed by atoms with E-state index in [0.717, 1.165) is 0 Å². The summed E-state index contributed by atoms with van der Waals surface area (Å²) in [6.45, 7) is 12.2. The van der Waals surface area contributed by atoms with E-state index in [1.54, 1.807) is 27.7 Å². The molecule has 2 N–H and O–H groups in total. The van der Waals surface area contributed by atoms with E-state index in [1.807, 2.05) is 20.8 Å². The highest BCUT2D eigenvalue weighted by molar-refractivity contribution is 7.86. The number of amides is 1. The van der Waals surface area contributed by atoms with Crippen molar-refractivity contribution in [3.63, 3.8) is 0 Å². The standard InChI is InChI=1S/C19H29NO6S/c1-12(26-19(5,6)7)15(16(21)18(2,3)4)17(22)20-13-10-8-9-11-14(13)27(23,24)25/h8-12,15H,1-7H3,(H,20,22)(H,23,24,25). The van der Waals surface area contributed by atoms with Crippen LogP contribution in [0.25, 0.3) is 0 Å². The maximum absolute atomic E-state index is 12.9. The van der Waals surface area contributed by atoms with Gasteiger partial charge in [0.25, 0.3) is 10.1 Å². The molecule has 1 aromatic rings. The van der Waals surface area contributed by atoms with Gasteiger partial charge in [0.05, 0.1) is 17.4 Å². The number of ether oxygens (including phenoxy) is 1. The minimum Gasteiger partial charge on any atom is -0.372 e. The molecule has 1 rings (SSSR count). The Morgan fingerprint density at radius 3 is 2.04 bits per heavy atom. The third kappa shape index (κ3) is 6.71. The second kappa shape index (κ2) is 8.08. The Labute approximate surface area is 161 Å². The molecule has 152 valence electrons. The molecule has 7 nitrogen and oxygen atoms in total. The van der Waals surface area contributed by atoms with E-state index < -0.39 is 44.0 Å². The van der Waals surface area contributed by atoms with Crippen LogP contribution in [0.1, 0.15) is 48.5 Å². The molecule has 27 heavy (non-hydrogen) atoms. The van der Waals surface area contributed by atoms with Gasteiger partial charge in [-0.15, -0.1) is 0 Å². The van der Waals surface area contributed by atoms with Crippen molar-refractivity contribution in [1.82, 2.24) is 0 Å². The third-order valence-electron chi connectivity index (χ3n) is 3.74. The molecule has 8 heteroatoms. The first-order valence-corrected chi connectivity index (χ1v) is 10.1. The first-order valence-electron chi connectivity index (χ1n) is 8.63. The van der Waals surface area contributed by atoms with Crippen LogP contribution in [0.4, 0.5) is 5.69 Å². The monoisotopic (exact) mass is 399 g/mol. The minimum atomic E-state index is -4.53. The van der Waals surface area contributed by atoms with Crippen molar-refractivity contribution < 1.29 is 27.3 Å². The van der Waals surface area contributed by atoms with Crippen LogP contribution in [-0.2, 0) is 24.4 Å². The molecule has 0 fully saturated rings. The summed E-state index contributed by atoms with van der Waals surface area (Å²) in [5, 5.41) is 2.46. The van der Waals surface area contributed by atoms with Gasteiger partial charge >= 0.3 is 0 Å². The van der Waals surface area contributed by atoms with Crippen LogP contribution >= 0.6 is 0 Å². The first-order chi connectivity index (χ1) is 12.0. The molecule has 2 unspecified atom stereocenters. The molecule has 0 heterocycles. The van der Waals surface area contributed by atoms with Crippen LogP contribution in [0, 0.1) is 11.3 Å². The van der Waals surface area contributed by atoms with E-state index in [9.17, 15) is 22.6 Å². The molecule has 0 aliphatic carbocycles. The van der Waals surface area contributed by atoms with Crippen molar-refractivity contribution in [3.8, 4) is 0 Å². The number of benzene rings is 1. The summed E-state index contributed by atoms with van der Waals surface area (Å²) in [7, 11) is -4.53.